The van der Waals surface area contributed by atoms with Gasteiger partial charge in [-0.2, -0.15) is 0 Å². The number of carbonyl (C=O) groups excluding carboxylic acids is 3. The van der Waals surface area contributed by atoms with E-state index in [9.17, 15) is 14.4 Å². The molecule has 1 saturated heterocycles. The van der Waals surface area contributed by atoms with Gasteiger partial charge in [-0.3, -0.25) is 14.5 Å². The quantitative estimate of drug-likeness (QED) is 0.522. The molecule has 1 aromatic rings. The van der Waals surface area contributed by atoms with Gasteiger partial charge in [-0.15, -0.1) is 0 Å². The zero-order chi connectivity index (χ0) is 27.8. The number of hydrogen-bond acceptors (Lipinski definition) is 5. The largest absolute Gasteiger partial charge is 0.444 e. The van der Waals surface area contributed by atoms with Crippen molar-refractivity contribution < 1.29 is 23.5 Å². The summed E-state index contributed by atoms with van der Waals surface area (Å²) in [6.07, 6.45) is 6.19. The first-order chi connectivity index (χ1) is 17.8. The Morgan fingerprint density at radius 3 is 2.37 bits per heavy atom. The number of likely N-dealkylation sites (tertiary alicyclic amines) is 1. The third kappa shape index (κ3) is 6.38. The first-order valence-corrected chi connectivity index (χ1v) is 14.1. The molecule has 0 spiro atoms. The van der Waals surface area contributed by atoms with Crippen LogP contribution in [0, 0.1) is 17.7 Å². The topological polar surface area (TPSA) is 92.9 Å². The van der Waals surface area contributed by atoms with Gasteiger partial charge in [0.05, 0.1) is 6.04 Å². The van der Waals surface area contributed by atoms with E-state index in [1.807, 2.05) is 6.07 Å². The first-order valence-electron chi connectivity index (χ1n) is 14.1. The Kier molecular flexibility index (Phi) is 8.50. The Bertz CT molecular complexity index is 1040. The van der Waals surface area contributed by atoms with Crippen molar-refractivity contribution in [2.45, 2.75) is 108 Å². The van der Waals surface area contributed by atoms with E-state index < -0.39 is 29.6 Å². The zero-order valence-electron chi connectivity index (χ0n) is 23.5. The summed E-state index contributed by atoms with van der Waals surface area (Å²) < 4.78 is 20.8. The summed E-state index contributed by atoms with van der Waals surface area (Å²) in [7, 11) is 4.21. The lowest BCUT2D eigenvalue weighted by Gasteiger charge is -2.36. The van der Waals surface area contributed by atoms with Crippen LogP contribution in [0.5, 0.6) is 0 Å². The highest BCUT2D eigenvalue weighted by atomic mass is 19.1. The third-order valence-corrected chi connectivity index (χ3v) is 8.81. The lowest BCUT2D eigenvalue weighted by Crippen LogP contribution is -2.51. The maximum atomic E-state index is 15.2. The fourth-order valence-corrected chi connectivity index (χ4v) is 6.79. The standard InChI is InChI=1S/C30H44FN3O4/c1-30(2,3)38-29(37)34-24-13-10-21(15-24)27(34)26(35)17-22(28(32)36)14-20-7-6-19(16-25(20)31)18-8-11-23(12-9-18)33(4)5/h6-7,16,18,21-24,27H,8-15,17H2,1-5H3,(H2,32,36)/t18?,21-,22+,23?,24+,27-/m0/s1. The molecule has 0 radical (unpaired) electrons. The maximum Gasteiger partial charge on any atom is 0.411 e. The van der Waals surface area contributed by atoms with Crippen molar-refractivity contribution in [3.8, 4) is 0 Å². The number of hydrogen-bond donors (Lipinski definition) is 1. The zero-order valence-corrected chi connectivity index (χ0v) is 23.5. The van der Waals surface area contributed by atoms with E-state index in [4.69, 9.17) is 10.5 Å². The summed E-state index contributed by atoms with van der Waals surface area (Å²) in [4.78, 5) is 42.6. The maximum absolute atomic E-state index is 15.2. The highest BCUT2D eigenvalue weighted by molar-refractivity contribution is 5.92. The van der Waals surface area contributed by atoms with Gasteiger partial charge < -0.3 is 15.4 Å². The van der Waals surface area contributed by atoms with Crippen LogP contribution in [0.2, 0.25) is 0 Å². The summed E-state index contributed by atoms with van der Waals surface area (Å²) >= 11 is 0. The number of halogens is 1. The van der Waals surface area contributed by atoms with Gasteiger partial charge in [-0.1, -0.05) is 12.1 Å². The number of nitrogens with zero attached hydrogens (tertiary/aromatic N) is 2. The molecule has 210 valence electrons. The molecule has 3 fully saturated rings. The Hall–Kier alpha value is -2.48. The minimum absolute atomic E-state index is 0.0198. The van der Waals surface area contributed by atoms with Crippen molar-refractivity contribution >= 4 is 17.8 Å². The Balaban J connectivity index is 1.42. The minimum atomic E-state index is -0.835. The van der Waals surface area contributed by atoms with Crippen LogP contribution in [0.15, 0.2) is 18.2 Å². The number of rotatable bonds is 8. The minimum Gasteiger partial charge on any atom is -0.444 e. The van der Waals surface area contributed by atoms with Gasteiger partial charge >= 0.3 is 6.09 Å². The molecule has 2 N–H and O–H groups in total. The van der Waals surface area contributed by atoms with Crippen LogP contribution < -0.4 is 5.73 Å². The fourth-order valence-electron chi connectivity index (χ4n) is 6.79. The molecule has 0 aromatic heterocycles. The van der Waals surface area contributed by atoms with Crippen LogP contribution >= 0.6 is 0 Å². The van der Waals surface area contributed by atoms with Crippen LogP contribution in [0.4, 0.5) is 9.18 Å². The number of primary amides is 1. The molecule has 2 saturated carbocycles. The molecule has 38 heavy (non-hydrogen) atoms. The summed E-state index contributed by atoms with van der Waals surface area (Å²) in [6, 6.07) is 5.23. The van der Waals surface area contributed by atoms with E-state index in [0.29, 0.717) is 17.5 Å². The molecule has 2 bridgehead atoms. The van der Waals surface area contributed by atoms with Crippen LogP contribution in [-0.2, 0) is 20.7 Å². The van der Waals surface area contributed by atoms with Crippen molar-refractivity contribution in [3.05, 3.63) is 35.1 Å². The lowest BCUT2D eigenvalue weighted by molar-refractivity contribution is -0.131. The normalized spacial score (nSPS) is 28.0. The number of ketones is 1. The van der Waals surface area contributed by atoms with E-state index in [1.54, 1.807) is 37.8 Å². The van der Waals surface area contributed by atoms with E-state index in [0.717, 1.165) is 50.5 Å². The monoisotopic (exact) mass is 529 g/mol. The predicted molar refractivity (Wildman–Crippen MR) is 144 cm³/mol. The molecule has 3 aliphatic rings. The van der Waals surface area contributed by atoms with Gasteiger partial charge in [0.15, 0.2) is 5.78 Å². The molecule has 4 rings (SSSR count). The fraction of sp³-hybridized carbons (Fsp3) is 0.700. The second kappa shape index (κ2) is 11.3. The van der Waals surface area contributed by atoms with Crippen LogP contribution in [0.25, 0.3) is 0 Å². The highest BCUT2D eigenvalue weighted by Crippen LogP contribution is 2.44. The van der Waals surface area contributed by atoms with Crippen molar-refractivity contribution in [3.63, 3.8) is 0 Å². The Morgan fingerprint density at radius 2 is 1.79 bits per heavy atom. The number of ether oxygens (including phenoxy) is 1. The second-order valence-corrected chi connectivity index (χ2v) is 12.9. The smallest absolute Gasteiger partial charge is 0.411 e. The van der Waals surface area contributed by atoms with Crippen LogP contribution in [0.3, 0.4) is 0 Å². The molecule has 0 unspecified atom stereocenters. The molecule has 1 aromatic carbocycles. The molecular weight excluding hydrogens is 485 g/mol. The number of piperidine rings is 1. The van der Waals surface area contributed by atoms with Gasteiger partial charge in [0, 0.05) is 24.4 Å². The summed E-state index contributed by atoms with van der Waals surface area (Å²) in [5, 5.41) is 0. The SMILES string of the molecule is CN(C)C1CCC(c2ccc(C[C@H](CC(=O)[C@@H]3[C@H]4CC[C@H](C4)N3C(=O)OC(C)(C)C)C(N)=O)c(F)c2)CC1. The number of carbonyl (C=O) groups is 3. The summed E-state index contributed by atoms with van der Waals surface area (Å²) in [6.45, 7) is 5.40. The average molecular weight is 530 g/mol. The number of benzene rings is 1. The van der Waals surface area contributed by atoms with Crippen molar-refractivity contribution in [1.29, 1.82) is 0 Å². The molecule has 1 aliphatic heterocycles. The van der Waals surface area contributed by atoms with Crippen LogP contribution in [0.1, 0.15) is 89.2 Å². The second-order valence-electron chi connectivity index (χ2n) is 12.9. The van der Waals surface area contributed by atoms with Crippen molar-refractivity contribution in [2.75, 3.05) is 14.1 Å². The molecule has 4 atom stereocenters. The van der Waals surface area contributed by atoms with Gasteiger partial charge in [0.2, 0.25) is 5.91 Å². The van der Waals surface area contributed by atoms with Gasteiger partial charge in [0.1, 0.15) is 11.4 Å². The van der Waals surface area contributed by atoms with Gasteiger partial charge in [-0.05, 0) is 115 Å². The van der Waals surface area contributed by atoms with Crippen LogP contribution in [-0.4, -0.2) is 65.4 Å². The van der Waals surface area contributed by atoms with Crippen molar-refractivity contribution in [2.24, 2.45) is 17.6 Å². The molecule has 2 amide bonds. The van der Waals surface area contributed by atoms with E-state index in [1.165, 1.54) is 0 Å². The molecular formula is C30H44FN3O4. The first kappa shape index (κ1) is 28.5. The van der Waals surface area contributed by atoms with E-state index in [2.05, 4.69) is 19.0 Å². The lowest BCUT2D eigenvalue weighted by atomic mass is 9.80. The molecule has 7 nitrogen and oxygen atoms in total. The predicted octanol–water partition coefficient (Wildman–Crippen LogP) is 4.80. The van der Waals surface area contributed by atoms with E-state index >= 15 is 4.39 Å². The summed E-state index contributed by atoms with van der Waals surface area (Å²) in [5.41, 5.74) is 6.41. The number of Topliss-reactive ketones (excluding diaryl/α,β-unsaturated/α-hetero) is 1. The molecule has 2 aliphatic carbocycles. The third-order valence-electron chi connectivity index (χ3n) is 8.81. The van der Waals surface area contributed by atoms with Gasteiger partial charge in [-0.25, -0.2) is 9.18 Å². The highest BCUT2D eigenvalue weighted by Gasteiger charge is 2.52. The van der Waals surface area contributed by atoms with E-state index in [-0.39, 0.29) is 36.4 Å². The molecule has 8 heteroatoms. The van der Waals surface area contributed by atoms with Gasteiger partial charge in [0.25, 0.3) is 0 Å². The number of nitrogens with two attached hydrogens (primary N) is 1. The average Bonchev–Trinajstić information content (AvgIpc) is 3.45. The number of fused-ring (bicyclic) bond motifs is 2. The van der Waals surface area contributed by atoms with Crippen molar-refractivity contribution in [1.82, 2.24) is 9.80 Å². The summed E-state index contributed by atoms with van der Waals surface area (Å²) in [5.74, 6) is -1.62. The Morgan fingerprint density at radius 1 is 1.11 bits per heavy atom. The number of amides is 2. The molecule has 1 heterocycles. The Labute approximate surface area is 226 Å².